The van der Waals surface area contributed by atoms with Gasteiger partial charge in [0, 0.05) is 24.0 Å². The minimum atomic E-state index is 0.284. The van der Waals surface area contributed by atoms with Crippen LogP contribution in [-0.4, -0.2) is 24.7 Å². The van der Waals surface area contributed by atoms with E-state index in [-0.39, 0.29) is 5.92 Å². The smallest absolute Gasteiger partial charge is 0.162 e. The van der Waals surface area contributed by atoms with Gasteiger partial charge in [-0.05, 0) is 30.0 Å². The van der Waals surface area contributed by atoms with Crippen LogP contribution in [0.25, 0.3) is 10.8 Å². The second kappa shape index (κ2) is 5.05. The number of fused-ring (bicyclic) bond motifs is 2. The molecule has 1 aromatic carbocycles. The van der Waals surface area contributed by atoms with E-state index in [2.05, 4.69) is 11.9 Å². The van der Waals surface area contributed by atoms with Crippen molar-refractivity contribution in [2.75, 3.05) is 19.8 Å². The maximum atomic E-state index is 5.85. The van der Waals surface area contributed by atoms with Gasteiger partial charge in [0.25, 0.3) is 0 Å². The molecule has 4 heteroatoms. The zero-order valence-electron chi connectivity index (χ0n) is 11.1. The Morgan fingerprint density at radius 2 is 2.00 bits per heavy atom. The van der Waals surface area contributed by atoms with Crippen LogP contribution < -0.4 is 15.2 Å². The normalized spacial score (nSPS) is 15.5. The zero-order valence-corrected chi connectivity index (χ0v) is 11.1. The Morgan fingerprint density at radius 3 is 2.68 bits per heavy atom. The van der Waals surface area contributed by atoms with Crippen molar-refractivity contribution in [2.24, 2.45) is 5.73 Å². The Balaban J connectivity index is 2.18. The van der Waals surface area contributed by atoms with Crippen molar-refractivity contribution in [3.8, 4) is 11.5 Å². The first-order chi connectivity index (χ1) is 9.33. The van der Waals surface area contributed by atoms with Gasteiger partial charge in [-0.1, -0.05) is 6.92 Å². The SMILES string of the molecule is CCC(CN)c1nccc2cc3c(cc12)OCCO3. The summed E-state index contributed by atoms with van der Waals surface area (Å²) in [5.74, 6) is 1.91. The number of ether oxygens (including phenoxy) is 2. The van der Waals surface area contributed by atoms with Crippen LogP contribution in [0, 0.1) is 0 Å². The molecule has 0 aliphatic carbocycles. The van der Waals surface area contributed by atoms with E-state index in [1.54, 1.807) is 0 Å². The highest BCUT2D eigenvalue weighted by molar-refractivity contribution is 5.88. The van der Waals surface area contributed by atoms with Gasteiger partial charge in [0.05, 0.1) is 5.69 Å². The van der Waals surface area contributed by atoms with Crippen molar-refractivity contribution in [3.05, 3.63) is 30.1 Å². The van der Waals surface area contributed by atoms with Gasteiger partial charge in [-0.25, -0.2) is 0 Å². The highest BCUT2D eigenvalue weighted by Gasteiger charge is 2.17. The quantitative estimate of drug-likeness (QED) is 0.918. The minimum absolute atomic E-state index is 0.284. The average Bonchev–Trinajstić information content (AvgIpc) is 2.46. The molecule has 0 bridgehead atoms. The van der Waals surface area contributed by atoms with Crippen LogP contribution in [0.4, 0.5) is 0 Å². The maximum Gasteiger partial charge on any atom is 0.162 e. The monoisotopic (exact) mass is 258 g/mol. The predicted octanol–water partition coefficient (Wildman–Crippen LogP) is 2.46. The Kier molecular flexibility index (Phi) is 3.25. The molecule has 0 radical (unpaired) electrons. The van der Waals surface area contributed by atoms with Gasteiger partial charge in [-0.2, -0.15) is 0 Å². The number of nitrogens with two attached hydrogens (primary N) is 1. The summed E-state index contributed by atoms with van der Waals surface area (Å²) in [6.45, 7) is 3.95. The summed E-state index contributed by atoms with van der Waals surface area (Å²) in [5.41, 5.74) is 6.90. The standard InChI is InChI=1S/C15H18N2O2/c1-2-10(9-16)15-12-8-14-13(18-5-6-19-14)7-11(12)3-4-17-15/h3-4,7-8,10H,2,5-6,9,16H2,1H3. The lowest BCUT2D eigenvalue weighted by atomic mass is 9.96. The molecular weight excluding hydrogens is 240 g/mol. The summed E-state index contributed by atoms with van der Waals surface area (Å²) in [6.07, 6.45) is 2.82. The topological polar surface area (TPSA) is 57.4 Å². The van der Waals surface area contributed by atoms with Crippen LogP contribution in [-0.2, 0) is 0 Å². The van der Waals surface area contributed by atoms with Gasteiger partial charge in [0.15, 0.2) is 11.5 Å². The molecule has 0 saturated heterocycles. The molecule has 4 nitrogen and oxygen atoms in total. The number of hydrogen-bond acceptors (Lipinski definition) is 4. The Hall–Kier alpha value is -1.81. The van der Waals surface area contributed by atoms with E-state index >= 15 is 0 Å². The van der Waals surface area contributed by atoms with E-state index in [1.165, 1.54) is 0 Å². The highest BCUT2D eigenvalue weighted by atomic mass is 16.6. The molecule has 2 heterocycles. The summed E-state index contributed by atoms with van der Waals surface area (Å²) < 4.78 is 11.3. The highest BCUT2D eigenvalue weighted by Crippen LogP contribution is 2.36. The van der Waals surface area contributed by atoms with Crippen molar-refractivity contribution in [1.29, 1.82) is 0 Å². The van der Waals surface area contributed by atoms with Crippen molar-refractivity contribution in [1.82, 2.24) is 4.98 Å². The third kappa shape index (κ3) is 2.12. The fourth-order valence-corrected chi connectivity index (χ4v) is 2.53. The summed E-state index contributed by atoms with van der Waals surface area (Å²) >= 11 is 0. The molecule has 100 valence electrons. The molecule has 1 unspecified atom stereocenters. The van der Waals surface area contributed by atoms with E-state index in [1.807, 2.05) is 24.4 Å². The third-order valence-corrected chi connectivity index (χ3v) is 3.62. The molecule has 1 atom stereocenters. The van der Waals surface area contributed by atoms with Gasteiger partial charge in [-0.15, -0.1) is 0 Å². The number of rotatable bonds is 3. The average molecular weight is 258 g/mol. The van der Waals surface area contributed by atoms with E-state index in [9.17, 15) is 0 Å². The second-order valence-corrected chi connectivity index (χ2v) is 4.75. The third-order valence-electron chi connectivity index (χ3n) is 3.62. The van der Waals surface area contributed by atoms with Crippen LogP contribution in [0.1, 0.15) is 25.0 Å². The molecule has 3 rings (SSSR count). The zero-order chi connectivity index (χ0) is 13.2. The summed E-state index contributed by atoms with van der Waals surface area (Å²) in [5, 5.41) is 2.24. The van der Waals surface area contributed by atoms with Gasteiger partial charge < -0.3 is 15.2 Å². The Labute approximate surface area is 112 Å². The second-order valence-electron chi connectivity index (χ2n) is 4.75. The molecule has 19 heavy (non-hydrogen) atoms. The first-order valence-electron chi connectivity index (χ1n) is 6.71. The predicted molar refractivity (Wildman–Crippen MR) is 74.8 cm³/mol. The van der Waals surface area contributed by atoms with Crippen LogP contribution in [0.5, 0.6) is 11.5 Å². The number of nitrogens with zero attached hydrogens (tertiary/aromatic N) is 1. The van der Waals surface area contributed by atoms with Crippen molar-refractivity contribution < 1.29 is 9.47 Å². The largest absolute Gasteiger partial charge is 0.486 e. The molecule has 2 aromatic rings. The summed E-state index contributed by atoms with van der Waals surface area (Å²) in [4.78, 5) is 4.52. The fourth-order valence-electron chi connectivity index (χ4n) is 2.53. The number of aromatic nitrogens is 1. The molecule has 0 fully saturated rings. The van der Waals surface area contributed by atoms with Gasteiger partial charge >= 0.3 is 0 Å². The molecule has 1 aliphatic rings. The van der Waals surface area contributed by atoms with Crippen LogP contribution >= 0.6 is 0 Å². The number of pyridine rings is 1. The van der Waals surface area contributed by atoms with Crippen molar-refractivity contribution in [2.45, 2.75) is 19.3 Å². The lowest BCUT2D eigenvalue weighted by Gasteiger charge is -2.20. The molecule has 1 aromatic heterocycles. The van der Waals surface area contributed by atoms with E-state index < -0.39 is 0 Å². The van der Waals surface area contributed by atoms with E-state index in [0.29, 0.717) is 19.8 Å². The Morgan fingerprint density at radius 1 is 1.26 bits per heavy atom. The number of benzene rings is 1. The molecular formula is C15H18N2O2. The van der Waals surface area contributed by atoms with Crippen LogP contribution in [0.3, 0.4) is 0 Å². The van der Waals surface area contributed by atoms with Gasteiger partial charge in [-0.3, -0.25) is 4.98 Å². The van der Waals surface area contributed by atoms with Crippen LogP contribution in [0.2, 0.25) is 0 Å². The van der Waals surface area contributed by atoms with Crippen molar-refractivity contribution >= 4 is 10.8 Å². The van der Waals surface area contributed by atoms with Crippen LogP contribution in [0.15, 0.2) is 24.4 Å². The lowest BCUT2D eigenvalue weighted by molar-refractivity contribution is 0.172. The van der Waals surface area contributed by atoms with Crippen molar-refractivity contribution in [3.63, 3.8) is 0 Å². The van der Waals surface area contributed by atoms with E-state index in [4.69, 9.17) is 15.2 Å². The maximum absolute atomic E-state index is 5.85. The Bertz CT molecular complexity index is 594. The fraction of sp³-hybridized carbons (Fsp3) is 0.400. The lowest BCUT2D eigenvalue weighted by Crippen LogP contribution is -2.16. The first kappa shape index (κ1) is 12.2. The summed E-state index contributed by atoms with van der Waals surface area (Å²) in [6, 6.07) is 6.06. The molecule has 0 spiro atoms. The number of hydrogen-bond donors (Lipinski definition) is 1. The molecule has 0 saturated carbocycles. The first-order valence-corrected chi connectivity index (χ1v) is 6.71. The molecule has 0 amide bonds. The van der Waals surface area contributed by atoms with E-state index in [0.717, 1.165) is 34.4 Å². The minimum Gasteiger partial charge on any atom is -0.486 e. The van der Waals surface area contributed by atoms with Gasteiger partial charge in [0.1, 0.15) is 13.2 Å². The van der Waals surface area contributed by atoms with Gasteiger partial charge in [0.2, 0.25) is 0 Å². The molecule has 2 N–H and O–H groups in total. The summed E-state index contributed by atoms with van der Waals surface area (Å²) in [7, 11) is 0. The molecule has 1 aliphatic heterocycles.